The van der Waals surface area contributed by atoms with E-state index in [2.05, 4.69) is 0 Å². The van der Waals surface area contributed by atoms with Crippen molar-refractivity contribution in [2.45, 2.75) is 18.3 Å². The van der Waals surface area contributed by atoms with Gasteiger partial charge < -0.3 is 14.2 Å². The van der Waals surface area contributed by atoms with Gasteiger partial charge in [-0.2, -0.15) is 8.42 Å². The monoisotopic (exact) mass is 432 g/mol. The first-order valence-electron chi connectivity index (χ1n) is 9.02. The van der Waals surface area contributed by atoms with Crippen LogP contribution in [0.5, 0.6) is 0 Å². The van der Waals surface area contributed by atoms with Gasteiger partial charge in [-0.3, -0.25) is 4.18 Å². The Morgan fingerprint density at radius 1 is 0.933 bits per heavy atom. The van der Waals surface area contributed by atoms with Gasteiger partial charge in [-0.25, -0.2) is 9.59 Å². The summed E-state index contributed by atoms with van der Waals surface area (Å²) in [5.41, 5.74) is 0.624. The highest BCUT2D eigenvalue weighted by Crippen LogP contribution is 2.22. The van der Waals surface area contributed by atoms with Crippen LogP contribution in [0.4, 0.5) is 0 Å². The third-order valence-corrected chi connectivity index (χ3v) is 4.71. The summed E-state index contributed by atoms with van der Waals surface area (Å²) in [4.78, 5) is 24.6. The average Bonchev–Trinajstić information content (AvgIpc) is 2.74. The quantitative estimate of drug-likeness (QED) is 0.485. The maximum atomic E-state index is 12.4. The minimum absolute atomic E-state index is 0.294. The van der Waals surface area contributed by atoms with Crippen molar-refractivity contribution in [3.63, 3.8) is 0 Å². The second kappa shape index (κ2) is 9.55. The molecule has 0 aromatic heterocycles. The second-order valence-electron chi connectivity index (χ2n) is 6.47. The van der Waals surface area contributed by atoms with Crippen LogP contribution in [0, 0.1) is 0 Å². The maximum Gasteiger partial charge on any atom is 0.338 e. The summed E-state index contributed by atoms with van der Waals surface area (Å²) < 4.78 is 44.7. The molecule has 0 unspecified atom stereocenters. The van der Waals surface area contributed by atoms with Gasteiger partial charge in [0.2, 0.25) is 0 Å². The number of ether oxygens (including phenoxy) is 3. The Hall–Kier alpha value is -3.17. The van der Waals surface area contributed by atoms with Crippen molar-refractivity contribution in [2.75, 3.05) is 12.9 Å². The normalized spacial score (nSPS) is 20.8. The predicted molar refractivity (Wildman–Crippen MR) is 106 cm³/mol. The molecule has 1 heterocycles. The molecule has 0 radical (unpaired) electrons. The molecular formula is C21H20O8S. The summed E-state index contributed by atoms with van der Waals surface area (Å²) in [6.07, 6.45) is 0.182. The van der Waals surface area contributed by atoms with E-state index in [1.807, 2.05) is 0 Å². The molecular weight excluding hydrogens is 412 g/mol. The first kappa shape index (κ1) is 21.5. The number of esters is 2. The largest absolute Gasteiger partial charge is 0.492 e. The van der Waals surface area contributed by atoms with Gasteiger partial charge in [0.25, 0.3) is 10.1 Å². The number of carbonyl (C=O) groups excluding carboxylic acids is 2. The van der Waals surface area contributed by atoms with Crippen molar-refractivity contribution in [2.24, 2.45) is 0 Å². The van der Waals surface area contributed by atoms with E-state index in [0.717, 1.165) is 6.26 Å². The fourth-order valence-corrected chi connectivity index (χ4v) is 3.40. The molecule has 0 fully saturated rings. The Kier molecular flexibility index (Phi) is 6.86. The average molecular weight is 432 g/mol. The van der Waals surface area contributed by atoms with E-state index in [1.54, 1.807) is 60.7 Å². The molecule has 0 aliphatic carbocycles. The Morgan fingerprint density at radius 3 is 2.07 bits per heavy atom. The molecule has 1 aliphatic rings. The van der Waals surface area contributed by atoms with E-state index in [4.69, 9.17) is 18.4 Å². The van der Waals surface area contributed by atoms with E-state index in [9.17, 15) is 18.0 Å². The molecule has 0 spiro atoms. The third kappa shape index (κ3) is 5.91. The SMILES string of the molecule is CS(=O)(=O)O[C@@H]1[C@H](OC(=O)c2ccccc2)C=CO[C@@H]1COC(=O)c1ccccc1. The van der Waals surface area contributed by atoms with Crippen LogP contribution in [-0.4, -0.2) is 51.5 Å². The number of hydrogen-bond acceptors (Lipinski definition) is 8. The molecule has 0 amide bonds. The van der Waals surface area contributed by atoms with Crippen molar-refractivity contribution < 1.29 is 36.4 Å². The molecule has 1 aliphatic heterocycles. The zero-order valence-corrected chi connectivity index (χ0v) is 16.9. The lowest BCUT2D eigenvalue weighted by molar-refractivity contribution is -0.0769. The fraction of sp³-hybridized carbons (Fsp3) is 0.238. The van der Waals surface area contributed by atoms with Crippen LogP contribution in [0.3, 0.4) is 0 Å². The van der Waals surface area contributed by atoms with Gasteiger partial charge in [0.05, 0.1) is 23.6 Å². The first-order valence-corrected chi connectivity index (χ1v) is 10.8. The zero-order chi connectivity index (χ0) is 21.6. The van der Waals surface area contributed by atoms with Gasteiger partial charge in [-0.15, -0.1) is 0 Å². The molecule has 3 atom stereocenters. The molecule has 0 saturated carbocycles. The minimum Gasteiger partial charge on any atom is -0.492 e. The van der Waals surface area contributed by atoms with Crippen molar-refractivity contribution in [1.82, 2.24) is 0 Å². The molecule has 30 heavy (non-hydrogen) atoms. The van der Waals surface area contributed by atoms with E-state index in [-0.39, 0.29) is 6.61 Å². The molecule has 3 rings (SSSR count). The van der Waals surface area contributed by atoms with Crippen molar-refractivity contribution in [3.05, 3.63) is 84.1 Å². The van der Waals surface area contributed by atoms with Crippen molar-refractivity contribution >= 4 is 22.1 Å². The molecule has 9 heteroatoms. The molecule has 2 aromatic rings. The van der Waals surface area contributed by atoms with Gasteiger partial charge in [0.1, 0.15) is 6.61 Å². The van der Waals surface area contributed by atoms with E-state index >= 15 is 0 Å². The number of rotatable bonds is 7. The molecule has 158 valence electrons. The van der Waals surface area contributed by atoms with Crippen LogP contribution in [0.15, 0.2) is 73.0 Å². The van der Waals surface area contributed by atoms with Gasteiger partial charge in [0, 0.05) is 0 Å². The van der Waals surface area contributed by atoms with Crippen molar-refractivity contribution in [3.8, 4) is 0 Å². The Labute approximate surface area is 174 Å². The van der Waals surface area contributed by atoms with Crippen LogP contribution in [-0.2, 0) is 28.5 Å². The smallest absolute Gasteiger partial charge is 0.338 e. The predicted octanol–water partition coefficient (Wildman–Crippen LogP) is 2.33. The highest BCUT2D eigenvalue weighted by Gasteiger charge is 2.39. The Balaban J connectivity index is 1.73. The van der Waals surface area contributed by atoms with Crippen LogP contribution in [0.1, 0.15) is 20.7 Å². The Morgan fingerprint density at radius 2 is 1.50 bits per heavy atom. The van der Waals surface area contributed by atoms with Gasteiger partial charge in [-0.05, 0) is 30.3 Å². The van der Waals surface area contributed by atoms with Crippen LogP contribution >= 0.6 is 0 Å². The molecule has 8 nitrogen and oxygen atoms in total. The number of hydrogen-bond donors (Lipinski definition) is 0. The lowest BCUT2D eigenvalue weighted by Crippen LogP contribution is -2.47. The molecule has 0 bridgehead atoms. The lowest BCUT2D eigenvalue weighted by Gasteiger charge is -2.32. The van der Waals surface area contributed by atoms with Crippen LogP contribution in [0.25, 0.3) is 0 Å². The standard InChI is InChI=1S/C21H20O8S/c1-30(24,25)29-19-17(28-21(23)16-10-6-3-7-11-16)12-13-26-18(19)14-27-20(22)15-8-4-2-5-9-15/h2-13,17-19H,14H2,1H3/t17-,18-,19-/m1/s1. The van der Waals surface area contributed by atoms with Gasteiger partial charge >= 0.3 is 11.9 Å². The fourth-order valence-electron chi connectivity index (χ4n) is 2.76. The summed E-state index contributed by atoms with van der Waals surface area (Å²) >= 11 is 0. The van der Waals surface area contributed by atoms with Crippen LogP contribution in [0.2, 0.25) is 0 Å². The first-order chi connectivity index (χ1) is 14.3. The van der Waals surface area contributed by atoms with Gasteiger partial charge in [0.15, 0.2) is 18.3 Å². The second-order valence-corrected chi connectivity index (χ2v) is 8.07. The van der Waals surface area contributed by atoms with E-state index in [0.29, 0.717) is 11.1 Å². The molecule has 0 N–H and O–H groups in total. The highest BCUT2D eigenvalue weighted by molar-refractivity contribution is 7.86. The van der Waals surface area contributed by atoms with Crippen molar-refractivity contribution in [1.29, 1.82) is 0 Å². The Bertz CT molecular complexity index is 1000. The highest BCUT2D eigenvalue weighted by atomic mass is 32.2. The topological polar surface area (TPSA) is 105 Å². The van der Waals surface area contributed by atoms with Gasteiger partial charge in [-0.1, -0.05) is 36.4 Å². The summed E-state index contributed by atoms with van der Waals surface area (Å²) in [5, 5.41) is 0. The minimum atomic E-state index is -3.93. The summed E-state index contributed by atoms with van der Waals surface area (Å²) in [6, 6.07) is 16.5. The zero-order valence-electron chi connectivity index (χ0n) is 16.0. The third-order valence-electron chi connectivity index (χ3n) is 4.14. The summed E-state index contributed by atoms with van der Waals surface area (Å²) in [5.74, 6) is -1.26. The van der Waals surface area contributed by atoms with Crippen LogP contribution < -0.4 is 0 Å². The molecule has 2 aromatic carbocycles. The maximum absolute atomic E-state index is 12.4. The number of carbonyl (C=O) groups is 2. The summed E-state index contributed by atoms with van der Waals surface area (Å²) in [7, 11) is -3.93. The molecule has 0 saturated heterocycles. The summed E-state index contributed by atoms with van der Waals surface area (Å²) in [6.45, 7) is -0.308. The van der Waals surface area contributed by atoms with E-state index in [1.165, 1.54) is 12.3 Å². The number of benzene rings is 2. The lowest BCUT2D eigenvalue weighted by atomic mass is 10.1. The van der Waals surface area contributed by atoms with E-state index < -0.39 is 40.4 Å².